The second kappa shape index (κ2) is 3.77. The molecule has 0 amide bonds. The molecule has 3 heteroatoms. The first-order chi connectivity index (χ1) is 7.18. The topological polar surface area (TPSA) is 30.4 Å². The molecule has 0 aliphatic heterocycles. The van der Waals surface area contributed by atoms with Gasteiger partial charge in [-0.1, -0.05) is 0 Å². The molecular weight excluding hydrogens is 188 g/mol. The van der Waals surface area contributed by atoms with Crippen molar-refractivity contribution in [2.24, 2.45) is 12.0 Å². The molecule has 0 spiro atoms. The SMILES string of the molecule is Cc1cc(C=Nc2ccco2)c(C)n1C. The third-order valence-corrected chi connectivity index (χ3v) is 2.65. The molecule has 0 aliphatic rings. The Morgan fingerprint density at radius 3 is 2.73 bits per heavy atom. The quantitative estimate of drug-likeness (QED) is 0.688. The van der Waals surface area contributed by atoms with Crippen molar-refractivity contribution < 1.29 is 4.42 Å². The number of aryl methyl sites for hydroxylation is 1. The highest BCUT2D eigenvalue weighted by molar-refractivity contribution is 5.83. The van der Waals surface area contributed by atoms with Gasteiger partial charge in [0, 0.05) is 36.3 Å². The normalized spacial score (nSPS) is 11.4. The predicted octanol–water partition coefficient (Wildman–Crippen LogP) is 2.99. The molecule has 2 aromatic heterocycles. The highest BCUT2D eigenvalue weighted by Crippen LogP contribution is 2.14. The second-order valence-corrected chi connectivity index (χ2v) is 3.59. The molecule has 0 fully saturated rings. The van der Waals surface area contributed by atoms with E-state index < -0.39 is 0 Å². The maximum absolute atomic E-state index is 5.13. The molecular formula is C12H14N2O. The van der Waals surface area contributed by atoms with E-state index in [9.17, 15) is 0 Å². The third-order valence-electron chi connectivity index (χ3n) is 2.65. The summed E-state index contributed by atoms with van der Waals surface area (Å²) in [5.74, 6) is 0.635. The van der Waals surface area contributed by atoms with Gasteiger partial charge in [-0.15, -0.1) is 0 Å². The fraction of sp³-hybridized carbons (Fsp3) is 0.250. The highest BCUT2D eigenvalue weighted by Gasteiger charge is 2.03. The van der Waals surface area contributed by atoms with Gasteiger partial charge < -0.3 is 8.98 Å². The fourth-order valence-electron chi connectivity index (χ4n) is 1.49. The van der Waals surface area contributed by atoms with Gasteiger partial charge in [0.1, 0.15) is 0 Å². The lowest BCUT2D eigenvalue weighted by molar-refractivity contribution is 0.578. The van der Waals surface area contributed by atoms with Gasteiger partial charge in [0.25, 0.3) is 0 Å². The van der Waals surface area contributed by atoms with Gasteiger partial charge in [-0.3, -0.25) is 0 Å². The predicted molar refractivity (Wildman–Crippen MR) is 60.8 cm³/mol. The van der Waals surface area contributed by atoms with Crippen molar-refractivity contribution in [1.82, 2.24) is 4.57 Å². The Hall–Kier alpha value is -1.77. The van der Waals surface area contributed by atoms with Crippen LogP contribution in [-0.4, -0.2) is 10.8 Å². The molecule has 3 nitrogen and oxygen atoms in total. The van der Waals surface area contributed by atoms with Crippen LogP contribution in [-0.2, 0) is 7.05 Å². The molecule has 0 atom stereocenters. The summed E-state index contributed by atoms with van der Waals surface area (Å²) in [4.78, 5) is 4.25. The summed E-state index contributed by atoms with van der Waals surface area (Å²) in [5.41, 5.74) is 3.57. The Labute approximate surface area is 89.1 Å². The monoisotopic (exact) mass is 202 g/mol. The van der Waals surface area contributed by atoms with Crippen LogP contribution in [0.25, 0.3) is 0 Å². The molecule has 2 heterocycles. The minimum absolute atomic E-state index is 0.635. The molecule has 78 valence electrons. The molecule has 0 aliphatic carbocycles. The fourth-order valence-corrected chi connectivity index (χ4v) is 1.49. The van der Waals surface area contributed by atoms with Crippen molar-refractivity contribution in [3.63, 3.8) is 0 Å². The molecule has 0 N–H and O–H groups in total. The van der Waals surface area contributed by atoms with Crippen LogP contribution in [0.2, 0.25) is 0 Å². The number of aliphatic imine (C=N–C) groups is 1. The Morgan fingerprint density at radius 2 is 2.20 bits per heavy atom. The van der Waals surface area contributed by atoms with Gasteiger partial charge in [-0.25, -0.2) is 4.99 Å². The van der Waals surface area contributed by atoms with Gasteiger partial charge in [0.15, 0.2) is 0 Å². The van der Waals surface area contributed by atoms with Crippen molar-refractivity contribution in [3.05, 3.63) is 41.4 Å². The molecule has 0 aromatic carbocycles. The van der Waals surface area contributed by atoms with Crippen LogP contribution in [0, 0.1) is 13.8 Å². The average molecular weight is 202 g/mol. The van der Waals surface area contributed by atoms with Crippen LogP contribution in [0.5, 0.6) is 0 Å². The minimum atomic E-state index is 0.635. The van der Waals surface area contributed by atoms with E-state index in [2.05, 4.69) is 36.5 Å². The van der Waals surface area contributed by atoms with Gasteiger partial charge in [-0.05, 0) is 26.0 Å². The van der Waals surface area contributed by atoms with Gasteiger partial charge in [0.2, 0.25) is 5.88 Å². The lowest BCUT2D eigenvalue weighted by atomic mass is 10.3. The number of rotatable bonds is 2. The maximum Gasteiger partial charge on any atom is 0.218 e. The summed E-state index contributed by atoms with van der Waals surface area (Å²) in [7, 11) is 2.05. The van der Waals surface area contributed by atoms with Gasteiger partial charge in [-0.2, -0.15) is 0 Å². The molecule has 0 unspecified atom stereocenters. The second-order valence-electron chi connectivity index (χ2n) is 3.59. The number of furan rings is 1. The first-order valence-electron chi connectivity index (χ1n) is 4.89. The van der Waals surface area contributed by atoms with E-state index in [-0.39, 0.29) is 0 Å². The van der Waals surface area contributed by atoms with E-state index in [1.807, 2.05) is 18.3 Å². The first kappa shape index (κ1) is 9.77. The minimum Gasteiger partial charge on any atom is -0.447 e. The molecule has 0 saturated heterocycles. The van der Waals surface area contributed by atoms with E-state index in [1.165, 1.54) is 11.4 Å². The Morgan fingerprint density at radius 1 is 1.40 bits per heavy atom. The van der Waals surface area contributed by atoms with Gasteiger partial charge >= 0.3 is 0 Å². The number of nitrogens with zero attached hydrogens (tertiary/aromatic N) is 2. The molecule has 0 radical (unpaired) electrons. The van der Waals surface area contributed by atoms with Crippen LogP contribution < -0.4 is 0 Å². The third kappa shape index (κ3) is 1.86. The number of hydrogen-bond donors (Lipinski definition) is 0. The van der Waals surface area contributed by atoms with Crippen LogP contribution in [0.15, 0.2) is 33.9 Å². The van der Waals surface area contributed by atoms with E-state index in [1.54, 1.807) is 6.26 Å². The van der Waals surface area contributed by atoms with Crippen LogP contribution in [0.4, 0.5) is 5.88 Å². The summed E-state index contributed by atoms with van der Waals surface area (Å²) in [6.07, 6.45) is 3.46. The summed E-state index contributed by atoms with van der Waals surface area (Å²) >= 11 is 0. The van der Waals surface area contributed by atoms with E-state index in [4.69, 9.17) is 4.42 Å². The summed E-state index contributed by atoms with van der Waals surface area (Å²) in [6, 6.07) is 5.78. The summed E-state index contributed by atoms with van der Waals surface area (Å²) in [6.45, 7) is 4.16. The maximum atomic E-state index is 5.13. The van der Waals surface area contributed by atoms with Crippen LogP contribution >= 0.6 is 0 Å². The molecule has 2 aromatic rings. The lowest BCUT2D eigenvalue weighted by Gasteiger charge is -1.98. The van der Waals surface area contributed by atoms with E-state index >= 15 is 0 Å². The van der Waals surface area contributed by atoms with E-state index in [0.29, 0.717) is 5.88 Å². The Kier molecular flexibility index (Phi) is 2.46. The van der Waals surface area contributed by atoms with Crippen molar-refractivity contribution >= 4 is 12.1 Å². The van der Waals surface area contributed by atoms with Crippen molar-refractivity contribution in [2.45, 2.75) is 13.8 Å². The first-order valence-corrected chi connectivity index (χ1v) is 4.89. The van der Waals surface area contributed by atoms with E-state index in [0.717, 1.165) is 5.56 Å². The van der Waals surface area contributed by atoms with Crippen molar-refractivity contribution in [1.29, 1.82) is 0 Å². The van der Waals surface area contributed by atoms with Crippen molar-refractivity contribution in [3.8, 4) is 0 Å². The van der Waals surface area contributed by atoms with Crippen molar-refractivity contribution in [2.75, 3.05) is 0 Å². The number of aromatic nitrogens is 1. The smallest absolute Gasteiger partial charge is 0.218 e. The Bertz CT molecular complexity index is 478. The largest absolute Gasteiger partial charge is 0.447 e. The zero-order valence-corrected chi connectivity index (χ0v) is 9.19. The average Bonchev–Trinajstić information content (AvgIpc) is 2.80. The summed E-state index contributed by atoms with van der Waals surface area (Å²) in [5, 5.41) is 0. The number of hydrogen-bond acceptors (Lipinski definition) is 2. The molecule has 0 saturated carbocycles. The van der Waals surface area contributed by atoms with Crippen LogP contribution in [0.1, 0.15) is 17.0 Å². The molecule has 15 heavy (non-hydrogen) atoms. The Balaban J connectivity index is 2.28. The lowest BCUT2D eigenvalue weighted by Crippen LogP contribution is -1.93. The highest BCUT2D eigenvalue weighted by atomic mass is 16.3. The molecule has 2 rings (SSSR count). The van der Waals surface area contributed by atoms with Crippen LogP contribution in [0.3, 0.4) is 0 Å². The summed E-state index contributed by atoms with van der Waals surface area (Å²) < 4.78 is 7.27. The standard InChI is InChI=1S/C12H14N2O/c1-9-7-11(10(2)14(9)3)8-13-12-5-4-6-15-12/h4-8H,1-3H3. The zero-order chi connectivity index (χ0) is 10.8. The zero-order valence-electron chi connectivity index (χ0n) is 9.19. The molecule has 0 bridgehead atoms. The van der Waals surface area contributed by atoms with Gasteiger partial charge in [0.05, 0.1) is 6.26 Å².